The molecule has 0 bridgehead atoms. The molecule has 1 rings (SSSR count). The number of aliphatic imine (C=N–C) groups is 1. The molecule has 0 aliphatic rings. The van der Waals surface area contributed by atoms with Gasteiger partial charge in [-0.15, -0.1) is 0 Å². The van der Waals surface area contributed by atoms with E-state index in [4.69, 9.17) is 4.74 Å². The van der Waals surface area contributed by atoms with E-state index in [0.717, 1.165) is 31.2 Å². The Morgan fingerprint density at radius 2 is 1.85 bits per heavy atom. The number of nitrogens with one attached hydrogen (secondary N) is 3. The molecule has 0 spiro atoms. The fourth-order valence-electron chi connectivity index (χ4n) is 2.45. The van der Waals surface area contributed by atoms with Gasteiger partial charge in [-0.25, -0.2) is 13.1 Å². The maximum absolute atomic E-state index is 11.4. The van der Waals surface area contributed by atoms with Crippen LogP contribution < -0.4 is 20.1 Å². The van der Waals surface area contributed by atoms with E-state index >= 15 is 0 Å². The lowest BCUT2D eigenvalue weighted by Gasteiger charge is -2.15. The minimum Gasteiger partial charge on any atom is -0.497 e. The molecule has 1 aromatic rings. The molecule has 0 saturated heterocycles. The molecule has 0 amide bonds. The Balaban J connectivity index is 2.38. The largest absolute Gasteiger partial charge is 0.497 e. The topological polar surface area (TPSA) is 91.8 Å². The van der Waals surface area contributed by atoms with Crippen LogP contribution in [-0.2, 0) is 10.0 Å². The molecule has 154 valence electrons. The van der Waals surface area contributed by atoms with Crippen LogP contribution in [0.2, 0.25) is 0 Å². The zero-order chi connectivity index (χ0) is 20.1. The number of rotatable bonds is 12. The summed E-state index contributed by atoms with van der Waals surface area (Å²) in [6, 6.07) is 8.16. The first kappa shape index (κ1) is 23.2. The van der Waals surface area contributed by atoms with Gasteiger partial charge < -0.3 is 15.4 Å². The molecule has 8 heteroatoms. The first-order chi connectivity index (χ1) is 12.9. The van der Waals surface area contributed by atoms with Crippen molar-refractivity contribution in [1.82, 2.24) is 15.4 Å². The number of sulfonamides is 1. The van der Waals surface area contributed by atoms with Gasteiger partial charge in [0.05, 0.1) is 12.9 Å². The van der Waals surface area contributed by atoms with Gasteiger partial charge in [0.1, 0.15) is 5.75 Å². The molecule has 0 fully saturated rings. The highest BCUT2D eigenvalue weighted by atomic mass is 32.2. The van der Waals surface area contributed by atoms with E-state index < -0.39 is 10.0 Å². The van der Waals surface area contributed by atoms with Crippen molar-refractivity contribution in [3.63, 3.8) is 0 Å². The van der Waals surface area contributed by atoms with Crippen molar-refractivity contribution in [3.8, 4) is 5.75 Å². The molecule has 3 N–H and O–H groups in total. The van der Waals surface area contributed by atoms with Crippen molar-refractivity contribution in [3.05, 3.63) is 29.8 Å². The molecule has 1 aromatic carbocycles. The van der Waals surface area contributed by atoms with Crippen molar-refractivity contribution in [2.75, 3.05) is 39.0 Å². The van der Waals surface area contributed by atoms with Gasteiger partial charge in [0.25, 0.3) is 0 Å². The number of ether oxygens (including phenoxy) is 1. The van der Waals surface area contributed by atoms with Gasteiger partial charge in [0, 0.05) is 26.2 Å². The van der Waals surface area contributed by atoms with Gasteiger partial charge in [-0.2, -0.15) is 0 Å². The highest BCUT2D eigenvalue weighted by Crippen LogP contribution is 2.21. The van der Waals surface area contributed by atoms with Crippen molar-refractivity contribution < 1.29 is 13.2 Å². The Hall–Kier alpha value is -1.80. The van der Waals surface area contributed by atoms with Crippen LogP contribution in [0, 0.1) is 0 Å². The molecule has 0 radical (unpaired) electrons. The summed E-state index contributed by atoms with van der Waals surface area (Å²) in [5.74, 6) is 2.16. The third kappa shape index (κ3) is 9.63. The number of guanidine groups is 1. The van der Waals surface area contributed by atoms with Gasteiger partial charge >= 0.3 is 0 Å². The van der Waals surface area contributed by atoms with Crippen molar-refractivity contribution in [2.24, 2.45) is 4.99 Å². The van der Waals surface area contributed by atoms with E-state index in [-0.39, 0.29) is 5.75 Å². The smallest absolute Gasteiger partial charge is 0.211 e. The van der Waals surface area contributed by atoms with E-state index in [1.165, 1.54) is 5.56 Å². The maximum atomic E-state index is 11.4. The van der Waals surface area contributed by atoms with Crippen molar-refractivity contribution >= 4 is 16.0 Å². The maximum Gasteiger partial charge on any atom is 0.211 e. The number of nitrogens with zero attached hydrogens (tertiary/aromatic N) is 1. The summed E-state index contributed by atoms with van der Waals surface area (Å²) in [6.07, 6.45) is 1.64. The molecular formula is C19H34N4O3S. The molecule has 7 nitrogen and oxygen atoms in total. The Bertz CT molecular complexity index is 660. The lowest BCUT2D eigenvalue weighted by Crippen LogP contribution is -2.38. The average molecular weight is 399 g/mol. The first-order valence-corrected chi connectivity index (χ1v) is 11.2. The van der Waals surface area contributed by atoms with E-state index in [2.05, 4.69) is 39.4 Å². The number of benzene rings is 1. The molecular weight excluding hydrogens is 364 g/mol. The summed E-state index contributed by atoms with van der Waals surface area (Å²) in [7, 11) is -1.45. The van der Waals surface area contributed by atoms with Crippen molar-refractivity contribution in [2.45, 2.75) is 39.5 Å². The molecule has 0 aliphatic carbocycles. The van der Waals surface area contributed by atoms with Crippen LogP contribution in [0.3, 0.4) is 0 Å². The summed E-state index contributed by atoms with van der Waals surface area (Å²) in [6.45, 7) is 8.41. The predicted molar refractivity (Wildman–Crippen MR) is 112 cm³/mol. The molecule has 0 aliphatic heterocycles. The van der Waals surface area contributed by atoms with Gasteiger partial charge in [-0.05, 0) is 50.3 Å². The van der Waals surface area contributed by atoms with Crippen LogP contribution in [0.4, 0.5) is 0 Å². The summed E-state index contributed by atoms with van der Waals surface area (Å²) in [5, 5.41) is 6.55. The Morgan fingerprint density at radius 1 is 1.15 bits per heavy atom. The summed E-state index contributed by atoms with van der Waals surface area (Å²) in [4.78, 5) is 4.49. The van der Waals surface area contributed by atoms with E-state index in [1.807, 2.05) is 19.1 Å². The molecule has 0 heterocycles. The molecule has 27 heavy (non-hydrogen) atoms. The highest BCUT2D eigenvalue weighted by Gasteiger charge is 2.07. The van der Waals surface area contributed by atoms with Crippen LogP contribution >= 0.6 is 0 Å². The summed E-state index contributed by atoms with van der Waals surface area (Å²) in [5.41, 5.74) is 1.28. The number of hydrogen-bond acceptors (Lipinski definition) is 4. The molecule has 1 unspecified atom stereocenters. The minimum atomic E-state index is -3.12. The van der Waals surface area contributed by atoms with Crippen molar-refractivity contribution in [1.29, 1.82) is 0 Å². The molecule has 0 aromatic heterocycles. The first-order valence-electron chi connectivity index (χ1n) is 9.55. The minimum absolute atomic E-state index is 0.104. The van der Waals surface area contributed by atoms with Gasteiger partial charge in [0.15, 0.2) is 5.96 Å². The van der Waals surface area contributed by atoms with Gasteiger partial charge in [-0.1, -0.05) is 19.1 Å². The monoisotopic (exact) mass is 398 g/mol. The second kappa shape index (κ2) is 12.6. The van der Waals surface area contributed by atoms with Crippen LogP contribution in [0.15, 0.2) is 29.3 Å². The Morgan fingerprint density at radius 3 is 2.44 bits per heavy atom. The SMILES string of the molecule is CCNC(=NCCCNS(=O)(=O)CC)NCCC(C)c1ccc(OC)cc1. The van der Waals surface area contributed by atoms with E-state index in [1.54, 1.807) is 14.0 Å². The number of methoxy groups -OCH3 is 1. The third-order valence-electron chi connectivity index (χ3n) is 4.21. The normalized spacial score (nSPS) is 13.3. The average Bonchev–Trinajstić information content (AvgIpc) is 2.67. The zero-order valence-electron chi connectivity index (χ0n) is 16.9. The second-order valence-corrected chi connectivity index (χ2v) is 8.40. The quantitative estimate of drug-likeness (QED) is 0.285. The zero-order valence-corrected chi connectivity index (χ0v) is 17.7. The Labute approximate surface area is 164 Å². The Kier molecular flexibility index (Phi) is 10.8. The molecule has 1 atom stereocenters. The standard InChI is InChI=1S/C19H34N4O3S/c1-5-20-19(21-13-7-14-23-27(24,25)6-2)22-15-12-16(3)17-8-10-18(26-4)11-9-17/h8-11,16,23H,5-7,12-15H2,1-4H3,(H2,20,21,22). The fourth-order valence-corrected chi connectivity index (χ4v) is 3.11. The molecule has 0 saturated carbocycles. The highest BCUT2D eigenvalue weighted by molar-refractivity contribution is 7.89. The van der Waals surface area contributed by atoms with Crippen LogP contribution in [0.1, 0.15) is 45.1 Å². The van der Waals surface area contributed by atoms with Crippen LogP contribution in [-0.4, -0.2) is 53.4 Å². The predicted octanol–water partition coefficient (Wildman–Crippen LogP) is 2.07. The third-order valence-corrected chi connectivity index (χ3v) is 5.61. The number of hydrogen-bond donors (Lipinski definition) is 3. The fraction of sp³-hybridized carbons (Fsp3) is 0.632. The van der Waals surface area contributed by atoms with Gasteiger partial charge in [0.2, 0.25) is 10.0 Å². The lowest BCUT2D eigenvalue weighted by atomic mass is 9.98. The van der Waals surface area contributed by atoms with Gasteiger partial charge in [-0.3, -0.25) is 4.99 Å². The summed E-state index contributed by atoms with van der Waals surface area (Å²) >= 11 is 0. The van der Waals surface area contributed by atoms with E-state index in [9.17, 15) is 8.42 Å². The van der Waals surface area contributed by atoms with Crippen LogP contribution in [0.25, 0.3) is 0 Å². The second-order valence-electron chi connectivity index (χ2n) is 6.30. The summed E-state index contributed by atoms with van der Waals surface area (Å²) < 4.78 is 30.5. The van der Waals surface area contributed by atoms with Crippen LogP contribution in [0.5, 0.6) is 5.75 Å². The lowest BCUT2D eigenvalue weighted by molar-refractivity contribution is 0.414. The van der Waals surface area contributed by atoms with E-state index in [0.29, 0.717) is 25.4 Å².